The van der Waals surface area contributed by atoms with Crippen molar-refractivity contribution in [2.24, 2.45) is 0 Å². The van der Waals surface area contributed by atoms with E-state index in [1.165, 1.54) is 18.3 Å². The largest absolute Gasteiger partial charge is 0.350 e. The van der Waals surface area contributed by atoms with Crippen LogP contribution in [0.15, 0.2) is 24.0 Å². The molecule has 0 saturated carbocycles. The normalized spacial score (nSPS) is 10.8. The van der Waals surface area contributed by atoms with Crippen LogP contribution in [0.4, 0.5) is 0 Å². The molecule has 0 aliphatic heterocycles. The molecule has 3 aromatic rings. The van der Waals surface area contributed by atoms with Crippen LogP contribution in [0, 0.1) is 13.8 Å². The van der Waals surface area contributed by atoms with Gasteiger partial charge in [0.1, 0.15) is 10.7 Å². The summed E-state index contributed by atoms with van der Waals surface area (Å²) in [5, 5.41) is 9.87. The van der Waals surface area contributed by atoms with Crippen molar-refractivity contribution >= 4 is 23.0 Å². The highest BCUT2D eigenvalue weighted by molar-refractivity contribution is 7.13. The fourth-order valence-electron chi connectivity index (χ4n) is 2.82. The molecule has 0 radical (unpaired) electrons. The van der Waals surface area contributed by atoms with Gasteiger partial charge in [-0.05, 0) is 20.8 Å². The number of hydrogen-bond acceptors (Lipinski definition) is 7. The molecular formula is C18H20N6O2S. The summed E-state index contributed by atoms with van der Waals surface area (Å²) < 4.78 is 1.71. The van der Waals surface area contributed by atoms with E-state index in [0.29, 0.717) is 30.0 Å². The first-order valence-electron chi connectivity index (χ1n) is 8.48. The maximum Gasteiger partial charge on any atom is 0.222 e. The number of ketones is 1. The molecule has 3 aromatic heterocycles. The Bertz CT molecular complexity index is 964. The monoisotopic (exact) mass is 384 g/mol. The van der Waals surface area contributed by atoms with E-state index in [0.717, 1.165) is 16.4 Å². The van der Waals surface area contributed by atoms with Gasteiger partial charge in [0.2, 0.25) is 5.91 Å². The minimum atomic E-state index is -0.0963. The molecule has 3 rings (SSSR count). The van der Waals surface area contributed by atoms with E-state index < -0.39 is 0 Å². The number of carbonyl (C=O) groups is 2. The lowest BCUT2D eigenvalue weighted by molar-refractivity contribution is -0.121. The summed E-state index contributed by atoms with van der Waals surface area (Å²) in [5.74, 6) is -0.107. The fraction of sp³-hybridized carbons (Fsp3) is 0.333. The van der Waals surface area contributed by atoms with Crippen LogP contribution >= 0.6 is 11.3 Å². The van der Waals surface area contributed by atoms with Gasteiger partial charge in [-0.25, -0.2) is 4.98 Å². The van der Waals surface area contributed by atoms with Crippen LogP contribution in [0.2, 0.25) is 0 Å². The van der Waals surface area contributed by atoms with Crippen LogP contribution < -0.4 is 5.32 Å². The minimum Gasteiger partial charge on any atom is -0.350 e. The Balaban J connectivity index is 1.53. The van der Waals surface area contributed by atoms with Gasteiger partial charge in [0.05, 0.1) is 29.7 Å². The van der Waals surface area contributed by atoms with Gasteiger partial charge in [0.25, 0.3) is 0 Å². The van der Waals surface area contributed by atoms with E-state index in [-0.39, 0.29) is 18.1 Å². The zero-order chi connectivity index (χ0) is 19.4. The van der Waals surface area contributed by atoms with Crippen molar-refractivity contribution < 1.29 is 9.59 Å². The second kappa shape index (κ2) is 8.17. The van der Waals surface area contributed by atoms with E-state index in [1.807, 2.05) is 12.3 Å². The van der Waals surface area contributed by atoms with Crippen molar-refractivity contribution in [1.82, 2.24) is 30.0 Å². The molecule has 0 atom stereocenters. The van der Waals surface area contributed by atoms with Crippen molar-refractivity contribution in [1.29, 1.82) is 0 Å². The van der Waals surface area contributed by atoms with Crippen LogP contribution in [0.3, 0.4) is 0 Å². The quantitative estimate of drug-likeness (QED) is 0.627. The maximum atomic E-state index is 12.1. The van der Waals surface area contributed by atoms with Gasteiger partial charge >= 0.3 is 0 Å². The average molecular weight is 384 g/mol. The van der Waals surface area contributed by atoms with Crippen molar-refractivity contribution in [2.75, 3.05) is 0 Å². The Labute approximate surface area is 160 Å². The van der Waals surface area contributed by atoms with E-state index in [1.54, 1.807) is 30.2 Å². The van der Waals surface area contributed by atoms with Crippen LogP contribution in [0.25, 0.3) is 10.7 Å². The average Bonchev–Trinajstić information content (AvgIpc) is 3.23. The molecule has 0 aliphatic rings. The number of hydrogen-bond donors (Lipinski definition) is 1. The molecule has 3 heterocycles. The van der Waals surface area contributed by atoms with Crippen molar-refractivity contribution in [2.45, 2.75) is 40.3 Å². The Morgan fingerprint density at radius 2 is 2.07 bits per heavy atom. The summed E-state index contributed by atoms with van der Waals surface area (Å²) in [6.45, 7) is 5.95. The van der Waals surface area contributed by atoms with Crippen LogP contribution in [-0.2, 0) is 17.9 Å². The molecular weight excluding hydrogens is 364 g/mol. The summed E-state index contributed by atoms with van der Waals surface area (Å²) in [4.78, 5) is 36.5. The molecule has 0 saturated heterocycles. The van der Waals surface area contributed by atoms with Crippen molar-refractivity contribution in [3.05, 3.63) is 46.6 Å². The Morgan fingerprint density at radius 1 is 1.26 bits per heavy atom. The zero-order valence-corrected chi connectivity index (χ0v) is 16.2. The summed E-state index contributed by atoms with van der Waals surface area (Å²) in [5.41, 5.74) is 3.61. The number of rotatable bonds is 7. The topological polar surface area (TPSA) is 103 Å². The molecule has 1 N–H and O–H groups in total. The van der Waals surface area contributed by atoms with Gasteiger partial charge in [0.15, 0.2) is 5.78 Å². The van der Waals surface area contributed by atoms with Gasteiger partial charge in [0, 0.05) is 36.4 Å². The molecule has 0 aliphatic carbocycles. The van der Waals surface area contributed by atoms with Crippen LogP contribution in [0.1, 0.15) is 40.8 Å². The fourth-order valence-corrected chi connectivity index (χ4v) is 3.60. The maximum absolute atomic E-state index is 12.1. The van der Waals surface area contributed by atoms with Crippen LogP contribution in [0.5, 0.6) is 0 Å². The van der Waals surface area contributed by atoms with Crippen molar-refractivity contribution in [3.63, 3.8) is 0 Å². The van der Waals surface area contributed by atoms with E-state index in [4.69, 9.17) is 0 Å². The standard InChI is InChI=1S/C18H20N6O2S/c1-11-17(13(3)25)12(2)24(23-11)7-4-16(26)21-8-14-10-27-18(22-14)15-9-19-5-6-20-15/h5-6,9-10H,4,7-8H2,1-3H3,(H,21,26). The Morgan fingerprint density at radius 3 is 2.74 bits per heavy atom. The highest BCUT2D eigenvalue weighted by Crippen LogP contribution is 2.20. The highest BCUT2D eigenvalue weighted by atomic mass is 32.1. The highest BCUT2D eigenvalue weighted by Gasteiger charge is 2.15. The predicted octanol–water partition coefficient (Wildman–Crippen LogP) is 2.32. The van der Waals surface area contributed by atoms with Gasteiger partial charge in [-0.2, -0.15) is 5.10 Å². The molecule has 0 spiro atoms. The van der Waals surface area contributed by atoms with E-state index in [9.17, 15) is 9.59 Å². The van der Waals surface area contributed by atoms with Gasteiger partial charge in [-0.3, -0.25) is 24.2 Å². The van der Waals surface area contributed by atoms with E-state index in [2.05, 4.69) is 25.4 Å². The van der Waals surface area contributed by atoms with Gasteiger partial charge in [-0.1, -0.05) is 0 Å². The molecule has 0 bridgehead atoms. The number of amides is 1. The second-order valence-corrected chi connectivity index (χ2v) is 6.94. The summed E-state index contributed by atoms with van der Waals surface area (Å²) in [7, 11) is 0. The number of Topliss-reactive ketones (excluding diaryl/α,β-unsaturated/α-hetero) is 1. The van der Waals surface area contributed by atoms with Gasteiger partial charge < -0.3 is 5.32 Å². The zero-order valence-electron chi connectivity index (χ0n) is 15.4. The summed E-state index contributed by atoms with van der Waals surface area (Å²) >= 11 is 1.46. The number of aromatic nitrogens is 5. The summed E-state index contributed by atoms with van der Waals surface area (Å²) in [6.07, 6.45) is 5.17. The number of carbonyl (C=O) groups excluding carboxylic acids is 2. The van der Waals surface area contributed by atoms with Crippen molar-refractivity contribution in [3.8, 4) is 10.7 Å². The molecule has 0 unspecified atom stereocenters. The third kappa shape index (κ3) is 4.43. The van der Waals surface area contributed by atoms with Crippen LogP contribution in [-0.4, -0.2) is 36.4 Å². The molecule has 27 heavy (non-hydrogen) atoms. The van der Waals surface area contributed by atoms with E-state index >= 15 is 0 Å². The first kappa shape index (κ1) is 18.8. The number of thiazole rings is 1. The SMILES string of the molecule is CC(=O)c1c(C)nn(CCC(=O)NCc2csc(-c3cnccn3)n2)c1C. The molecule has 0 aromatic carbocycles. The molecule has 9 heteroatoms. The lowest BCUT2D eigenvalue weighted by Crippen LogP contribution is -2.24. The molecule has 0 fully saturated rings. The minimum absolute atomic E-state index is 0.0110. The number of nitrogens with one attached hydrogen (secondary N) is 1. The first-order valence-corrected chi connectivity index (χ1v) is 9.36. The Kier molecular flexibility index (Phi) is 5.70. The second-order valence-electron chi connectivity index (χ2n) is 6.09. The Hall–Kier alpha value is -2.94. The number of nitrogens with zero attached hydrogens (tertiary/aromatic N) is 5. The first-order chi connectivity index (χ1) is 13.0. The van der Waals surface area contributed by atoms with Gasteiger partial charge in [-0.15, -0.1) is 11.3 Å². The lowest BCUT2D eigenvalue weighted by atomic mass is 10.1. The third-order valence-electron chi connectivity index (χ3n) is 4.08. The summed E-state index contributed by atoms with van der Waals surface area (Å²) in [6, 6.07) is 0. The lowest BCUT2D eigenvalue weighted by Gasteiger charge is -2.06. The third-order valence-corrected chi connectivity index (χ3v) is 5.00. The molecule has 8 nitrogen and oxygen atoms in total. The molecule has 1 amide bonds. The smallest absolute Gasteiger partial charge is 0.222 e. The number of aryl methyl sites for hydroxylation is 2. The predicted molar refractivity (Wildman–Crippen MR) is 101 cm³/mol. The molecule has 140 valence electrons.